The highest BCUT2D eigenvalue weighted by Gasteiger charge is 2.28. The summed E-state index contributed by atoms with van der Waals surface area (Å²) < 4.78 is 22.1. The Hall–Kier alpha value is -3.07. The average Bonchev–Trinajstić information content (AvgIpc) is 3.10. The van der Waals surface area contributed by atoms with Gasteiger partial charge in [-0.15, -0.1) is 0 Å². The molecule has 1 fully saturated rings. The van der Waals surface area contributed by atoms with Gasteiger partial charge in [0.1, 0.15) is 23.6 Å². The molecule has 4 N–H and O–H groups in total. The van der Waals surface area contributed by atoms with Gasteiger partial charge in [-0.05, 0) is 64.7 Å². The van der Waals surface area contributed by atoms with Crippen LogP contribution in [0, 0.1) is 5.41 Å². The molecule has 9 heteroatoms. The monoisotopic (exact) mass is 445 g/mol. The summed E-state index contributed by atoms with van der Waals surface area (Å²) in [7, 11) is 1.47. The second kappa shape index (κ2) is 9.60. The van der Waals surface area contributed by atoms with Crippen molar-refractivity contribution in [1.82, 2.24) is 5.32 Å². The smallest absolute Gasteiger partial charge is 0.332 e. The molecule has 174 valence electrons. The molecular formula is C23H31N3O6. The molecule has 1 saturated carbocycles. The van der Waals surface area contributed by atoms with E-state index in [-0.39, 0.29) is 42.2 Å². The minimum Gasteiger partial charge on any atom is -0.492 e. The SMILES string of the molecule is COc1c(C(=O)N[C@H]2CC[C@H](OCC(=O)OC(C)(C)C)CC2)oc2ccc(C(=N)N)cc12. The number of amides is 1. The Morgan fingerprint density at radius 3 is 2.50 bits per heavy atom. The van der Waals surface area contributed by atoms with Gasteiger partial charge in [0.2, 0.25) is 5.76 Å². The van der Waals surface area contributed by atoms with E-state index in [0.29, 0.717) is 22.3 Å². The van der Waals surface area contributed by atoms with Gasteiger partial charge in [-0.2, -0.15) is 0 Å². The van der Waals surface area contributed by atoms with Crippen molar-refractivity contribution < 1.29 is 28.2 Å². The number of carbonyl (C=O) groups is 2. The zero-order valence-electron chi connectivity index (χ0n) is 18.9. The van der Waals surface area contributed by atoms with Crippen molar-refractivity contribution in [2.24, 2.45) is 5.73 Å². The highest BCUT2D eigenvalue weighted by molar-refractivity contribution is 6.04. The van der Waals surface area contributed by atoms with Crippen LogP contribution >= 0.6 is 0 Å². The molecule has 1 heterocycles. The molecule has 3 rings (SSSR count). The molecule has 0 bridgehead atoms. The summed E-state index contributed by atoms with van der Waals surface area (Å²) in [6, 6.07) is 4.96. The average molecular weight is 446 g/mol. The molecule has 0 atom stereocenters. The van der Waals surface area contributed by atoms with Crippen LogP contribution < -0.4 is 15.8 Å². The topological polar surface area (TPSA) is 137 Å². The molecule has 0 aliphatic heterocycles. The maximum atomic E-state index is 12.9. The van der Waals surface area contributed by atoms with E-state index in [2.05, 4.69) is 5.32 Å². The maximum Gasteiger partial charge on any atom is 0.332 e. The number of hydrogen-bond donors (Lipinski definition) is 3. The van der Waals surface area contributed by atoms with Crippen LogP contribution in [0.1, 0.15) is 62.6 Å². The van der Waals surface area contributed by atoms with Crippen LogP contribution in [0.15, 0.2) is 22.6 Å². The lowest BCUT2D eigenvalue weighted by Gasteiger charge is -2.29. The normalized spacial score (nSPS) is 18.9. The Morgan fingerprint density at radius 1 is 1.22 bits per heavy atom. The second-order valence-electron chi connectivity index (χ2n) is 8.93. The van der Waals surface area contributed by atoms with Crippen molar-refractivity contribution in [3.8, 4) is 5.75 Å². The van der Waals surface area contributed by atoms with Crippen molar-refractivity contribution in [2.75, 3.05) is 13.7 Å². The van der Waals surface area contributed by atoms with E-state index in [1.54, 1.807) is 18.2 Å². The molecule has 9 nitrogen and oxygen atoms in total. The summed E-state index contributed by atoms with van der Waals surface area (Å²) in [5, 5.41) is 11.2. The zero-order valence-corrected chi connectivity index (χ0v) is 18.9. The highest BCUT2D eigenvalue weighted by atomic mass is 16.6. The number of furan rings is 1. The largest absolute Gasteiger partial charge is 0.492 e. The lowest BCUT2D eigenvalue weighted by Crippen LogP contribution is -2.39. The van der Waals surface area contributed by atoms with Gasteiger partial charge in [0.25, 0.3) is 5.91 Å². The number of nitrogens with one attached hydrogen (secondary N) is 2. The van der Waals surface area contributed by atoms with Crippen molar-refractivity contribution in [1.29, 1.82) is 5.41 Å². The number of rotatable bonds is 7. The first-order valence-corrected chi connectivity index (χ1v) is 10.7. The number of esters is 1. The molecule has 0 spiro atoms. The van der Waals surface area contributed by atoms with Gasteiger partial charge in [-0.3, -0.25) is 10.2 Å². The molecule has 2 aromatic rings. The van der Waals surface area contributed by atoms with Gasteiger partial charge in [0.05, 0.1) is 18.6 Å². The van der Waals surface area contributed by atoms with Crippen molar-refractivity contribution in [3.63, 3.8) is 0 Å². The third kappa shape index (κ3) is 5.79. The first-order chi connectivity index (χ1) is 15.1. The van der Waals surface area contributed by atoms with Crippen LogP contribution in [-0.4, -0.2) is 49.2 Å². The Morgan fingerprint density at radius 2 is 1.91 bits per heavy atom. The summed E-state index contributed by atoms with van der Waals surface area (Å²) in [5.41, 5.74) is 6.03. The minimum atomic E-state index is -0.534. The van der Waals surface area contributed by atoms with Crippen LogP contribution in [0.4, 0.5) is 0 Å². The molecule has 0 saturated heterocycles. The fourth-order valence-corrected chi connectivity index (χ4v) is 3.78. The molecule has 1 aliphatic rings. The molecule has 1 aliphatic carbocycles. The Bertz CT molecular complexity index is 999. The van der Waals surface area contributed by atoms with Crippen LogP contribution in [0.2, 0.25) is 0 Å². The molecule has 32 heavy (non-hydrogen) atoms. The molecule has 0 unspecified atom stereocenters. The van der Waals surface area contributed by atoms with Crippen molar-refractivity contribution in [3.05, 3.63) is 29.5 Å². The van der Waals surface area contributed by atoms with Gasteiger partial charge >= 0.3 is 5.97 Å². The first-order valence-electron chi connectivity index (χ1n) is 10.7. The summed E-state index contributed by atoms with van der Waals surface area (Å²) in [4.78, 5) is 24.7. The number of benzene rings is 1. The predicted molar refractivity (Wildman–Crippen MR) is 119 cm³/mol. The fourth-order valence-electron chi connectivity index (χ4n) is 3.78. The van der Waals surface area contributed by atoms with E-state index in [9.17, 15) is 9.59 Å². The summed E-state index contributed by atoms with van der Waals surface area (Å²) in [5.74, 6) is -0.410. The number of amidine groups is 1. The number of methoxy groups -OCH3 is 1. The van der Waals surface area contributed by atoms with E-state index >= 15 is 0 Å². The van der Waals surface area contributed by atoms with E-state index < -0.39 is 5.60 Å². The Kier molecular flexibility index (Phi) is 7.08. The third-order valence-corrected chi connectivity index (χ3v) is 5.23. The number of fused-ring (bicyclic) bond motifs is 1. The van der Waals surface area contributed by atoms with Gasteiger partial charge in [0, 0.05) is 11.6 Å². The van der Waals surface area contributed by atoms with E-state index in [4.69, 9.17) is 29.8 Å². The van der Waals surface area contributed by atoms with Crippen LogP contribution in [0.3, 0.4) is 0 Å². The minimum absolute atomic E-state index is 0.0328. The van der Waals surface area contributed by atoms with Gasteiger partial charge in [-0.25, -0.2) is 4.79 Å². The number of hydrogen-bond acceptors (Lipinski definition) is 7. The summed E-state index contributed by atoms with van der Waals surface area (Å²) >= 11 is 0. The maximum absolute atomic E-state index is 12.9. The van der Waals surface area contributed by atoms with Gasteiger partial charge in [-0.1, -0.05) is 0 Å². The molecule has 0 radical (unpaired) electrons. The number of nitrogen functional groups attached to an aromatic ring is 1. The van der Waals surface area contributed by atoms with E-state index in [0.717, 1.165) is 25.7 Å². The second-order valence-corrected chi connectivity index (χ2v) is 8.93. The number of nitrogens with two attached hydrogens (primary N) is 1. The predicted octanol–water partition coefficient (Wildman–Crippen LogP) is 3.12. The van der Waals surface area contributed by atoms with E-state index in [1.807, 2.05) is 20.8 Å². The summed E-state index contributed by atoms with van der Waals surface area (Å²) in [6.45, 7) is 5.38. The third-order valence-electron chi connectivity index (χ3n) is 5.23. The lowest BCUT2D eigenvalue weighted by molar-refractivity contribution is -0.162. The van der Waals surface area contributed by atoms with Gasteiger partial charge in [0.15, 0.2) is 5.75 Å². The quantitative estimate of drug-likeness (QED) is 0.338. The highest BCUT2D eigenvalue weighted by Crippen LogP contribution is 2.34. The number of ether oxygens (including phenoxy) is 3. The Labute approximate surface area is 187 Å². The molecule has 1 aromatic carbocycles. The summed E-state index contributed by atoms with van der Waals surface area (Å²) in [6.07, 6.45) is 2.87. The van der Waals surface area contributed by atoms with Crippen molar-refractivity contribution >= 4 is 28.7 Å². The van der Waals surface area contributed by atoms with Crippen LogP contribution in [0.5, 0.6) is 5.75 Å². The molecule has 1 aromatic heterocycles. The van der Waals surface area contributed by atoms with Crippen LogP contribution in [0.25, 0.3) is 11.0 Å². The van der Waals surface area contributed by atoms with Gasteiger partial charge < -0.3 is 29.7 Å². The molecular weight excluding hydrogens is 414 g/mol. The standard InChI is InChI=1S/C23H31N3O6/c1-23(2,3)32-18(27)12-30-15-8-6-14(7-9-15)26-22(28)20-19(29-4)16-11-13(21(24)25)5-10-17(16)31-20/h5,10-11,14-15H,6-9,12H2,1-4H3,(H3,24,25)(H,26,28)/t14-,15-. The molecule has 1 amide bonds. The van der Waals surface area contributed by atoms with Crippen molar-refractivity contribution in [2.45, 2.75) is 64.2 Å². The van der Waals surface area contributed by atoms with E-state index in [1.165, 1.54) is 7.11 Å². The number of carbonyl (C=O) groups excluding carboxylic acids is 2. The first kappa shape index (κ1) is 23.6. The lowest BCUT2D eigenvalue weighted by atomic mass is 9.93. The zero-order chi connectivity index (χ0) is 23.5. The fraction of sp³-hybridized carbons (Fsp3) is 0.522. The van der Waals surface area contributed by atoms with Crippen LogP contribution in [-0.2, 0) is 14.3 Å². The Balaban J connectivity index is 1.56.